The lowest BCUT2D eigenvalue weighted by molar-refractivity contribution is -0.164. The number of hydrogen-bond donors (Lipinski definition) is 1. The van der Waals surface area contributed by atoms with Gasteiger partial charge in [-0.1, -0.05) is 48.1 Å². The highest BCUT2D eigenvalue weighted by atomic mass is 32.2. The summed E-state index contributed by atoms with van der Waals surface area (Å²) in [7, 11) is 3.50. The summed E-state index contributed by atoms with van der Waals surface area (Å²) in [5.41, 5.74) is -1.42. The number of hydrogen-bond acceptors (Lipinski definition) is 12. The number of rotatable bonds is 5. The molecule has 12 nitrogen and oxygen atoms in total. The third-order valence-electron chi connectivity index (χ3n) is 9.24. The molecule has 2 rings (SSSR count). The van der Waals surface area contributed by atoms with Crippen LogP contribution in [0.1, 0.15) is 152 Å². The van der Waals surface area contributed by atoms with Gasteiger partial charge in [0.05, 0.1) is 23.4 Å². The number of allylic oxidation sites excluding steroid dienone is 1. The summed E-state index contributed by atoms with van der Waals surface area (Å²) >= 11 is 0. The second kappa shape index (κ2) is 31.2. The van der Waals surface area contributed by atoms with Crippen molar-refractivity contribution in [2.75, 3.05) is 79.9 Å². The molecule has 1 atom stereocenters. The van der Waals surface area contributed by atoms with E-state index in [0.29, 0.717) is 12.1 Å². The lowest BCUT2D eigenvalue weighted by Crippen LogP contribution is -2.47. The van der Waals surface area contributed by atoms with Crippen molar-refractivity contribution in [1.29, 1.82) is 0 Å². The van der Waals surface area contributed by atoms with E-state index in [9.17, 15) is 22.8 Å². The number of likely N-dealkylation sites (N-methyl/N-ethyl adjacent to an activating group) is 1. The molecule has 2 aliphatic heterocycles. The Balaban J connectivity index is -0.000000201. The molecule has 2 aliphatic rings. The van der Waals surface area contributed by atoms with Crippen LogP contribution in [0.25, 0.3) is 0 Å². The maximum absolute atomic E-state index is 11.3. The Kier molecular flexibility index (Phi) is 34.9. The van der Waals surface area contributed by atoms with Gasteiger partial charge in [-0.25, -0.2) is 8.42 Å². The first-order valence-corrected chi connectivity index (χ1v) is 24.0. The normalized spacial score (nSPS) is 16.2. The van der Waals surface area contributed by atoms with Gasteiger partial charge in [0.25, 0.3) is 0 Å². The van der Waals surface area contributed by atoms with Crippen LogP contribution in [-0.4, -0.2) is 165 Å². The van der Waals surface area contributed by atoms with E-state index in [0.717, 1.165) is 32.3 Å². The number of esters is 1. The number of piperazine rings is 1. The molecule has 61 heavy (non-hydrogen) atoms. The minimum absolute atomic E-state index is 0.0949. The first kappa shape index (κ1) is 68.3. The SMILES string of the molecule is C=CC(=O)C(C)(C)C.CC(C)(C)OC(=O)C(C)(C)C.CC(C)(C)S(C)(=O)=O.CC(C)N(C)C.CC(C)N1CCN(C)CC1.CC(C)N1CCOCC1.CC(O)C(=O)C(C)(C)C. The fraction of sp³-hybridized carbons (Fsp3) is 0.896. The Labute approximate surface area is 378 Å². The number of morpholine rings is 1. The van der Waals surface area contributed by atoms with Crippen LogP contribution in [0, 0.1) is 16.2 Å². The van der Waals surface area contributed by atoms with Crippen molar-refractivity contribution in [1.82, 2.24) is 19.6 Å². The summed E-state index contributed by atoms with van der Waals surface area (Å²) in [6, 6.07) is 2.10. The van der Waals surface area contributed by atoms with Gasteiger partial charge >= 0.3 is 5.97 Å². The van der Waals surface area contributed by atoms with Gasteiger partial charge in [-0.15, -0.1) is 0 Å². The Morgan fingerprint density at radius 1 is 0.672 bits per heavy atom. The van der Waals surface area contributed by atoms with Crippen molar-refractivity contribution in [3.63, 3.8) is 0 Å². The van der Waals surface area contributed by atoms with Gasteiger partial charge in [-0.2, -0.15) is 0 Å². The fourth-order valence-electron chi connectivity index (χ4n) is 3.80. The van der Waals surface area contributed by atoms with E-state index < -0.39 is 31.5 Å². The van der Waals surface area contributed by atoms with Crippen LogP contribution in [0.3, 0.4) is 0 Å². The highest BCUT2D eigenvalue weighted by molar-refractivity contribution is 7.92. The van der Waals surface area contributed by atoms with Crippen LogP contribution >= 0.6 is 0 Å². The quantitative estimate of drug-likeness (QED) is 0.210. The molecule has 0 aromatic rings. The third-order valence-corrected chi connectivity index (χ3v) is 11.5. The van der Waals surface area contributed by atoms with Gasteiger partial charge in [0, 0.05) is 74.5 Å². The molecule has 1 N–H and O–H groups in total. The molecule has 0 aromatic carbocycles. The molecule has 0 bridgehead atoms. The molecule has 0 radical (unpaired) electrons. The molecule has 0 aromatic heterocycles. The molecular weight excluding hydrogens is 793 g/mol. The summed E-state index contributed by atoms with van der Waals surface area (Å²) in [6.07, 6.45) is 1.78. The van der Waals surface area contributed by atoms with E-state index in [4.69, 9.17) is 14.6 Å². The minimum atomic E-state index is -2.84. The number of aliphatic hydroxyl groups is 1. The fourth-order valence-corrected chi connectivity index (χ4v) is 3.80. The third kappa shape index (κ3) is 42.0. The maximum atomic E-state index is 11.3. The number of carbonyl (C=O) groups excluding carboxylic acids is 3. The zero-order valence-corrected chi connectivity index (χ0v) is 45.6. The molecule has 2 heterocycles. The largest absolute Gasteiger partial charge is 0.460 e. The van der Waals surface area contributed by atoms with Gasteiger partial charge in [0.2, 0.25) is 0 Å². The van der Waals surface area contributed by atoms with E-state index in [1.807, 2.05) is 62.3 Å². The zero-order chi connectivity index (χ0) is 50.1. The molecule has 0 aliphatic carbocycles. The second-order valence-electron chi connectivity index (χ2n) is 22.0. The topological polar surface area (TPSA) is 137 Å². The number of sulfone groups is 1. The van der Waals surface area contributed by atoms with Crippen LogP contribution in [0.4, 0.5) is 0 Å². The van der Waals surface area contributed by atoms with Crippen LogP contribution in [0.5, 0.6) is 0 Å². The van der Waals surface area contributed by atoms with Crippen LogP contribution in [0.2, 0.25) is 0 Å². The predicted octanol–water partition coefficient (Wildman–Crippen LogP) is 8.30. The van der Waals surface area contributed by atoms with Crippen molar-refractivity contribution < 1.29 is 37.4 Å². The number of nitrogens with zero attached hydrogens (tertiary/aromatic N) is 4. The molecular formula is C48H102N4O8S. The summed E-state index contributed by atoms with van der Waals surface area (Å²) in [5.74, 6) is -0.162. The predicted molar refractivity (Wildman–Crippen MR) is 261 cm³/mol. The van der Waals surface area contributed by atoms with Gasteiger partial charge in [-0.05, 0) is 138 Å². The monoisotopic (exact) mass is 895 g/mol. The number of ether oxygens (including phenoxy) is 2. The lowest BCUT2D eigenvalue weighted by Gasteiger charge is -2.34. The molecule has 0 spiro atoms. The summed E-state index contributed by atoms with van der Waals surface area (Å²) in [6.45, 7) is 54.4. The van der Waals surface area contributed by atoms with Crippen molar-refractivity contribution in [3.8, 4) is 0 Å². The number of Topliss-reactive ketones (excluding diaryl/α,β-unsaturated/α-hetero) is 1. The smallest absolute Gasteiger partial charge is 0.311 e. The van der Waals surface area contributed by atoms with Crippen molar-refractivity contribution in [3.05, 3.63) is 12.7 Å². The Morgan fingerprint density at radius 2 is 1.00 bits per heavy atom. The molecule has 1 unspecified atom stereocenters. The highest BCUT2D eigenvalue weighted by Crippen LogP contribution is 2.20. The van der Waals surface area contributed by atoms with Gasteiger partial charge in [0.1, 0.15) is 11.7 Å². The number of aliphatic hydroxyl groups excluding tert-OH is 1. The average molecular weight is 895 g/mol. The first-order valence-electron chi connectivity index (χ1n) is 22.1. The summed E-state index contributed by atoms with van der Waals surface area (Å²) in [5, 5.41) is 8.81. The minimum Gasteiger partial charge on any atom is -0.460 e. The van der Waals surface area contributed by atoms with Gasteiger partial charge < -0.3 is 24.4 Å². The summed E-state index contributed by atoms with van der Waals surface area (Å²) < 4.78 is 31.1. The zero-order valence-electron chi connectivity index (χ0n) is 44.8. The Bertz CT molecular complexity index is 1270. The molecule has 0 saturated carbocycles. The summed E-state index contributed by atoms with van der Waals surface area (Å²) in [4.78, 5) is 42.4. The van der Waals surface area contributed by atoms with E-state index >= 15 is 0 Å². The molecule has 2 fully saturated rings. The first-order chi connectivity index (χ1) is 26.9. The van der Waals surface area contributed by atoms with E-state index in [-0.39, 0.29) is 28.6 Å². The Morgan fingerprint density at radius 3 is 1.13 bits per heavy atom. The van der Waals surface area contributed by atoms with E-state index in [2.05, 4.69) is 88.9 Å². The van der Waals surface area contributed by atoms with E-state index in [1.54, 1.807) is 41.5 Å². The number of carbonyl (C=O) groups is 3. The molecule has 2 saturated heterocycles. The lowest BCUT2D eigenvalue weighted by atomic mass is 9.88. The molecule has 0 amide bonds. The number of ketones is 2. The Hall–Kier alpha value is -1.74. The molecule has 13 heteroatoms. The van der Waals surface area contributed by atoms with Crippen molar-refractivity contribution in [2.45, 2.75) is 187 Å². The van der Waals surface area contributed by atoms with Crippen LogP contribution < -0.4 is 0 Å². The highest BCUT2D eigenvalue weighted by Gasteiger charge is 2.28. The molecule has 368 valence electrons. The van der Waals surface area contributed by atoms with Crippen LogP contribution in [-0.2, 0) is 33.7 Å². The second-order valence-corrected chi connectivity index (χ2v) is 24.7. The van der Waals surface area contributed by atoms with Gasteiger partial charge in [-0.3, -0.25) is 24.2 Å². The van der Waals surface area contributed by atoms with Crippen LogP contribution in [0.15, 0.2) is 12.7 Å². The average Bonchev–Trinajstić information content (AvgIpc) is 3.07. The standard InChI is InChI=1S/C9H18O2.C8H18N2.C7H15NO.C7H14O2.C7H12O.C5H13N.C5H12O2S/c1-8(2,3)7(10)11-9(4,5)6;1-8(2)10-6-4-9(3)5-7-10;1-7(2)8-3-5-9-6-4-8;1-5(8)6(9)7(2,3)4;1-5-6(8)7(2,3)4;1-5(2)6(3)4;1-5(2,3)8(4,6)7/h1-6H3;8H,4-7H2,1-3H3;7H,3-6H2,1-2H3;5,8H,1-4H3;5H,1H2,2-4H3;5H,1-4H3;1-4H3. The van der Waals surface area contributed by atoms with Crippen molar-refractivity contribution in [2.24, 2.45) is 16.2 Å². The maximum Gasteiger partial charge on any atom is 0.311 e. The van der Waals surface area contributed by atoms with Gasteiger partial charge in [0.15, 0.2) is 21.4 Å². The van der Waals surface area contributed by atoms with Crippen molar-refractivity contribution >= 4 is 27.4 Å². The van der Waals surface area contributed by atoms with E-state index in [1.165, 1.54) is 45.4 Å².